The lowest BCUT2D eigenvalue weighted by atomic mass is 10.0. The van der Waals surface area contributed by atoms with E-state index in [-0.39, 0.29) is 11.9 Å². The number of amides is 1. The highest BCUT2D eigenvalue weighted by molar-refractivity contribution is 7.10. The van der Waals surface area contributed by atoms with Crippen LogP contribution in [0, 0.1) is 0 Å². The van der Waals surface area contributed by atoms with Gasteiger partial charge in [-0.05, 0) is 43.3 Å². The molecule has 1 aromatic heterocycles. The third-order valence-electron chi connectivity index (χ3n) is 4.73. The monoisotopic (exact) mass is 344 g/mol. The zero-order chi connectivity index (χ0) is 17.1. The minimum atomic E-state index is -0.0783. The minimum Gasteiger partial charge on any atom is -0.496 e. The molecule has 0 radical (unpaired) electrons. The van der Waals surface area contributed by atoms with Gasteiger partial charge in [-0.25, -0.2) is 0 Å². The molecule has 3 rings (SSSR count). The number of nitrogens with zero attached hydrogens (tertiary/aromatic N) is 1. The number of para-hydroxylation sites is 1. The molecule has 0 aliphatic carbocycles. The van der Waals surface area contributed by atoms with Gasteiger partial charge in [-0.2, -0.15) is 0 Å². The van der Waals surface area contributed by atoms with E-state index in [1.54, 1.807) is 7.11 Å². The topological polar surface area (TPSA) is 41.6 Å². The molecule has 0 spiro atoms. The van der Waals surface area contributed by atoms with Gasteiger partial charge in [0.2, 0.25) is 5.91 Å². The molecule has 5 heteroatoms. The molecule has 2 heterocycles. The first-order chi connectivity index (χ1) is 11.6. The maximum atomic E-state index is 12.5. The number of thiophene rings is 1. The lowest BCUT2D eigenvalue weighted by Gasteiger charge is -2.33. The van der Waals surface area contributed by atoms with Crippen molar-refractivity contribution in [1.29, 1.82) is 0 Å². The van der Waals surface area contributed by atoms with E-state index in [0.29, 0.717) is 12.6 Å². The molecule has 2 aromatic rings. The van der Waals surface area contributed by atoms with Crippen molar-refractivity contribution in [2.75, 3.05) is 20.2 Å². The normalized spacial score (nSPS) is 18.7. The predicted molar refractivity (Wildman–Crippen MR) is 97.6 cm³/mol. The second-order valence-electron chi connectivity index (χ2n) is 6.23. The van der Waals surface area contributed by atoms with Crippen molar-refractivity contribution in [3.8, 4) is 5.75 Å². The summed E-state index contributed by atoms with van der Waals surface area (Å²) in [4.78, 5) is 16.2. The Morgan fingerprint density at radius 1 is 1.42 bits per heavy atom. The minimum absolute atomic E-state index is 0.0546. The van der Waals surface area contributed by atoms with E-state index in [1.807, 2.05) is 42.5 Å². The van der Waals surface area contributed by atoms with Crippen LogP contribution in [0.4, 0.5) is 0 Å². The third kappa shape index (κ3) is 3.47. The number of nitrogens with one attached hydrogen (secondary N) is 1. The second kappa shape index (κ2) is 7.36. The predicted octanol–water partition coefficient (Wildman–Crippen LogP) is 3.55. The Morgan fingerprint density at radius 3 is 3.00 bits per heavy atom. The van der Waals surface area contributed by atoms with Crippen molar-refractivity contribution in [1.82, 2.24) is 10.2 Å². The molecule has 24 heavy (non-hydrogen) atoms. The molecular formula is C19H24N2O2S. The van der Waals surface area contributed by atoms with Crippen LogP contribution in [0.1, 0.15) is 41.9 Å². The summed E-state index contributed by atoms with van der Waals surface area (Å²) in [5.74, 6) is 0.860. The number of benzene rings is 1. The van der Waals surface area contributed by atoms with Crippen molar-refractivity contribution in [2.45, 2.75) is 32.4 Å². The van der Waals surface area contributed by atoms with Crippen LogP contribution < -0.4 is 10.1 Å². The first kappa shape index (κ1) is 17.0. The van der Waals surface area contributed by atoms with E-state index in [4.69, 9.17) is 4.74 Å². The summed E-state index contributed by atoms with van der Waals surface area (Å²) in [5.41, 5.74) is 2.37. The molecule has 128 valence electrons. The number of hydrogen-bond donors (Lipinski definition) is 1. The zero-order valence-corrected chi connectivity index (χ0v) is 15.2. The first-order valence-electron chi connectivity index (χ1n) is 8.32. The molecule has 0 unspecified atom stereocenters. The SMILES string of the molecule is COc1ccccc1[C@H](C)NC(=O)CN1CCc2sccc2[C@@H]1C. The van der Waals surface area contributed by atoms with E-state index in [1.165, 1.54) is 10.4 Å². The maximum absolute atomic E-state index is 12.5. The Morgan fingerprint density at radius 2 is 2.21 bits per heavy atom. The Hall–Kier alpha value is -1.85. The Labute approximate surface area is 147 Å². The van der Waals surface area contributed by atoms with Gasteiger partial charge in [-0.3, -0.25) is 9.69 Å². The number of carbonyl (C=O) groups excluding carboxylic acids is 1. The van der Waals surface area contributed by atoms with Gasteiger partial charge in [-0.15, -0.1) is 11.3 Å². The molecule has 1 aliphatic rings. The second-order valence-corrected chi connectivity index (χ2v) is 7.23. The third-order valence-corrected chi connectivity index (χ3v) is 5.73. The van der Waals surface area contributed by atoms with E-state index >= 15 is 0 Å². The molecule has 0 saturated heterocycles. The summed E-state index contributed by atoms with van der Waals surface area (Å²) in [6.45, 7) is 5.54. The Kier molecular flexibility index (Phi) is 5.21. The molecule has 1 amide bonds. The number of methoxy groups -OCH3 is 1. The molecule has 4 nitrogen and oxygen atoms in total. The summed E-state index contributed by atoms with van der Waals surface area (Å²) in [6, 6.07) is 10.2. The van der Waals surface area contributed by atoms with Gasteiger partial charge < -0.3 is 10.1 Å². The van der Waals surface area contributed by atoms with E-state index in [9.17, 15) is 4.79 Å². The fourth-order valence-electron chi connectivity index (χ4n) is 3.35. The highest BCUT2D eigenvalue weighted by Gasteiger charge is 2.26. The van der Waals surface area contributed by atoms with Crippen molar-refractivity contribution in [3.63, 3.8) is 0 Å². The molecule has 1 aliphatic heterocycles. The van der Waals surface area contributed by atoms with Crippen LogP contribution in [0.2, 0.25) is 0 Å². The van der Waals surface area contributed by atoms with Crippen molar-refractivity contribution in [2.24, 2.45) is 0 Å². The van der Waals surface area contributed by atoms with Gasteiger partial charge in [0.25, 0.3) is 0 Å². The summed E-state index contributed by atoms with van der Waals surface area (Å²) in [5, 5.41) is 5.25. The number of carbonyl (C=O) groups is 1. The van der Waals surface area contributed by atoms with Gasteiger partial charge >= 0.3 is 0 Å². The van der Waals surface area contributed by atoms with Crippen LogP contribution in [-0.4, -0.2) is 31.0 Å². The van der Waals surface area contributed by atoms with Gasteiger partial charge in [0.05, 0.1) is 19.7 Å². The van der Waals surface area contributed by atoms with Gasteiger partial charge in [-0.1, -0.05) is 18.2 Å². The summed E-state index contributed by atoms with van der Waals surface area (Å²) >= 11 is 1.82. The molecule has 1 N–H and O–H groups in total. The number of rotatable bonds is 5. The average molecular weight is 344 g/mol. The fraction of sp³-hybridized carbons (Fsp3) is 0.421. The van der Waals surface area contributed by atoms with Gasteiger partial charge in [0.15, 0.2) is 0 Å². The van der Waals surface area contributed by atoms with E-state index in [2.05, 4.69) is 28.6 Å². The smallest absolute Gasteiger partial charge is 0.234 e. The van der Waals surface area contributed by atoms with Gasteiger partial charge in [0.1, 0.15) is 5.75 Å². The number of fused-ring (bicyclic) bond motifs is 1. The Balaban J connectivity index is 1.62. The first-order valence-corrected chi connectivity index (χ1v) is 9.20. The van der Waals surface area contributed by atoms with E-state index in [0.717, 1.165) is 24.3 Å². The van der Waals surface area contributed by atoms with E-state index < -0.39 is 0 Å². The lowest BCUT2D eigenvalue weighted by Crippen LogP contribution is -2.42. The van der Waals surface area contributed by atoms with Crippen LogP contribution in [0.3, 0.4) is 0 Å². The van der Waals surface area contributed by atoms with Crippen LogP contribution in [-0.2, 0) is 11.2 Å². The molecule has 1 aromatic carbocycles. The molecule has 0 saturated carbocycles. The maximum Gasteiger partial charge on any atom is 0.234 e. The zero-order valence-electron chi connectivity index (χ0n) is 14.4. The summed E-state index contributed by atoms with van der Waals surface area (Å²) < 4.78 is 5.38. The summed E-state index contributed by atoms with van der Waals surface area (Å²) in [7, 11) is 1.65. The molecule has 0 bridgehead atoms. The van der Waals surface area contributed by atoms with Crippen LogP contribution in [0.5, 0.6) is 5.75 Å². The van der Waals surface area contributed by atoms with Crippen LogP contribution >= 0.6 is 11.3 Å². The van der Waals surface area contributed by atoms with Gasteiger partial charge in [0, 0.05) is 23.0 Å². The quantitative estimate of drug-likeness (QED) is 0.902. The van der Waals surface area contributed by atoms with Crippen LogP contribution in [0.15, 0.2) is 35.7 Å². The highest BCUT2D eigenvalue weighted by atomic mass is 32.1. The standard InChI is InChI=1S/C19H24N2O2S/c1-13(15-6-4-5-7-17(15)23-3)20-19(22)12-21-10-8-18-16(14(21)2)9-11-24-18/h4-7,9,11,13-14H,8,10,12H2,1-3H3,(H,20,22)/t13-,14-/m0/s1. The lowest BCUT2D eigenvalue weighted by molar-refractivity contribution is -0.123. The largest absolute Gasteiger partial charge is 0.496 e. The van der Waals surface area contributed by atoms with Crippen molar-refractivity contribution in [3.05, 3.63) is 51.7 Å². The summed E-state index contributed by atoms with van der Waals surface area (Å²) in [6.07, 6.45) is 1.03. The molecule has 0 fully saturated rings. The fourth-order valence-corrected chi connectivity index (χ4v) is 4.31. The number of ether oxygens (including phenoxy) is 1. The highest BCUT2D eigenvalue weighted by Crippen LogP contribution is 2.32. The van der Waals surface area contributed by atoms with Crippen LogP contribution in [0.25, 0.3) is 0 Å². The molecular weight excluding hydrogens is 320 g/mol. The van der Waals surface area contributed by atoms with Crippen molar-refractivity contribution < 1.29 is 9.53 Å². The van der Waals surface area contributed by atoms with Crippen molar-refractivity contribution >= 4 is 17.2 Å². The average Bonchev–Trinajstić information content (AvgIpc) is 3.06. The number of hydrogen-bond acceptors (Lipinski definition) is 4. The Bertz CT molecular complexity index is 713. The molecule has 2 atom stereocenters.